The van der Waals surface area contributed by atoms with E-state index in [1.54, 1.807) is 24.7 Å². The molecule has 2 N–H and O–H groups in total. The van der Waals surface area contributed by atoms with Crippen LogP contribution < -0.4 is 10.6 Å². The number of rotatable bonds is 5. The molecule has 3 aromatic rings. The zero-order valence-corrected chi connectivity index (χ0v) is 16.2. The highest BCUT2D eigenvalue weighted by Gasteiger charge is 2.30. The first-order valence-electron chi connectivity index (χ1n) is 9.27. The number of aromatic nitrogens is 4. The predicted molar refractivity (Wildman–Crippen MR) is 108 cm³/mol. The standard InChI is InChI=1S/C20H21ClN6O/c1-13-11-15(21)19(22-12-13)25-16-6-4-7-17(16)26-20(28)14-5-2-3-8-18(14)27-23-9-10-24-27/h2-3,5,8-12,16-17H,4,6-7H2,1H3,(H,22,25)(H,26,28)/t16-,17-/m0/s1. The zero-order chi connectivity index (χ0) is 19.5. The lowest BCUT2D eigenvalue weighted by Crippen LogP contribution is -2.43. The van der Waals surface area contributed by atoms with E-state index in [1.165, 1.54) is 4.80 Å². The SMILES string of the molecule is Cc1cnc(N[C@H]2CCC[C@@H]2NC(=O)c2ccccc2-n2nccn2)c(Cl)c1. The van der Waals surface area contributed by atoms with Crippen molar-refractivity contribution in [2.75, 3.05) is 5.32 Å². The van der Waals surface area contributed by atoms with Gasteiger partial charge in [0, 0.05) is 18.3 Å². The van der Waals surface area contributed by atoms with Crippen molar-refractivity contribution in [2.24, 2.45) is 0 Å². The van der Waals surface area contributed by atoms with Gasteiger partial charge < -0.3 is 10.6 Å². The van der Waals surface area contributed by atoms with Crippen LogP contribution in [-0.4, -0.2) is 38.0 Å². The Morgan fingerprint density at radius 3 is 2.71 bits per heavy atom. The van der Waals surface area contributed by atoms with Crippen molar-refractivity contribution in [3.63, 3.8) is 0 Å². The minimum atomic E-state index is -0.144. The Kier molecular flexibility index (Phi) is 5.25. The maximum Gasteiger partial charge on any atom is 0.253 e. The second-order valence-electron chi connectivity index (χ2n) is 6.94. The molecule has 2 atom stereocenters. The molecule has 0 saturated heterocycles. The molecular formula is C20H21ClN6O. The van der Waals surface area contributed by atoms with Crippen LogP contribution in [0.4, 0.5) is 5.82 Å². The van der Waals surface area contributed by atoms with Gasteiger partial charge in [-0.3, -0.25) is 4.79 Å². The van der Waals surface area contributed by atoms with E-state index in [4.69, 9.17) is 11.6 Å². The molecule has 1 fully saturated rings. The summed E-state index contributed by atoms with van der Waals surface area (Å²) in [4.78, 5) is 18.8. The van der Waals surface area contributed by atoms with E-state index in [9.17, 15) is 4.79 Å². The number of halogens is 1. The van der Waals surface area contributed by atoms with Crippen molar-refractivity contribution in [2.45, 2.75) is 38.3 Å². The number of hydrogen-bond acceptors (Lipinski definition) is 5. The molecule has 1 saturated carbocycles. The summed E-state index contributed by atoms with van der Waals surface area (Å²) < 4.78 is 0. The van der Waals surface area contributed by atoms with E-state index in [2.05, 4.69) is 25.8 Å². The number of carbonyl (C=O) groups is 1. The molecule has 0 radical (unpaired) electrons. The van der Waals surface area contributed by atoms with E-state index in [0.29, 0.717) is 22.1 Å². The van der Waals surface area contributed by atoms with Crippen LogP contribution in [0.25, 0.3) is 5.69 Å². The van der Waals surface area contributed by atoms with Gasteiger partial charge in [-0.15, -0.1) is 0 Å². The Labute approximate surface area is 168 Å². The summed E-state index contributed by atoms with van der Waals surface area (Å²) >= 11 is 6.31. The van der Waals surface area contributed by atoms with E-state index < -0.39 is 0 Å². The molecule has 2 heterocycles. The van der Waals surface area contributed by atoms with Crippen LogP contribution in [0.2, 0.25) is 5.02 Å². The molecule has 0 bridgehead atoms. The number of nitrogens with one attached hydrogen (secondary N) is 2. The molecule has 2 aromatic heterocycles. The summed E-state index contributed by atoms with van der Waals surface area (Å²) in [6.07, 6.45) is 7.82. The molecule has 0 unspecified atom stereocenters. The van der Waals surface area contributed by atoms with Gasteiger partial charge in [-0.1, -0.05) is 23.7 Å². The van der Waals surface area contributed by atoms with Crippen molar-refractivity contribution in [1.29, 1.82) is 0 Å². The van der Waals surface area contributed by atoms with Crippen molar-refractivity contribution in [1.82, 2.24) is 25.3 Å². The summed E-state index contributed by atoms with van der Waals surface area (Å²) in [7, 11) is 0. The van der Waals surface area contributed by atoms with Gasteiger partial charge in [0.2, 0.25) is 0 Å². The molecule has 7 nitrogen and oxygen atoms in total. The first-order valence-corrected chi connectivity index (χ1v) is 9.65. The van der Waals surface area contributed by atoms with Crippen LogP contribution >= 0.6 is 11.6 Å². The van der Waals surface area contributed by atoms with Crippen LogP contribution in [0.1, 0.15) is 35.2 Å². The molecule has 28 heavy (non-hydrogen) atoms. The number of hydrogen-bond donors (Lipinski definition) is 2. The Morgan fingerprint density at radius 2 is 1.93 bits per heavy atom. The second kappa shape index (κ2) is 7.98. The van der Waals surface area contributed by atoms with Crippen LogP contribution in [-0.2, 0) is 0 Å². The lowest BCUT2D eigenvalue weighted by atomic mass is 10.1. The summed E-state index contributed by atoms with van der Waals surface area (Å²) in [6, 6.07) is 9.26. The number of benzene rings is 1. The van der Waals surface area contributed by atoms with Gasteiger partial charge in [-0.25, -0.2) is 4.98 Å². The van der Waals surface area contributed by atoms with Crippen LogP contribution in [0.15, 0.2) is 48.9 Å². The average molecular weight is 397 g/mol. The van der Waals surface area contributed by atoms with Gasteiger partial charge in [0.15, 0.2) is 0 Å². The normalized spacial score (nSPS) is 18.8. The van der Waals surface area contributed by atoms with Crippen LogP contribution in [0.3, 0.4) is 0 Å². The molecule has 1 amide bonds. The fourth-order valence-electron chi connectivity index (χ4n) is 3.55. The Balaban J connectivity index is 1.50. The predicted octanol–water partition coefficient (Wildman–Crippen LogP) is 3.39. The topological polar surface area (TPSA) is 84.7 Å². The lowest BCUT2D eigenvalue weighted by molar-refractivity contribution is 0.0935. The minimum absolute atomic E-state index is 0.00898. The molecule has 0 spiro atoms. The average Bonchev–Trinajstić information content (AvgIpc) is 3.36. The number of amides is 1. The molecule has 1 aliphatic carbocycles. The molecule has 1 aliphatic rings. The monoisotopic (exact) mass is 396 g/mol. The zero-order valence-electron chi connectivity index (χ0n) is 15.5. The number of nitrogens with zero attached hydrogens (tertiary/aromatic N) is 4. The largest absolute Gasteiger partial charge is 0.364 e. The van der Waals surface area contributed by atoms with Crippen molar-refractivity contribution in [3.8, 4) is 5.69 Å². The third-order valence-electron chi connectivity index (χ3n) is 4.92. The molecule has 1 aromatic carbocycles. The summed E-state index contributed by atoms with van der Waals surface area (Å²) in [5, 5.41) is 15.4. The molecule has 4 rings (SSSR count). The first kappa shape index (κ1) is 18.4. The smallest absolute Gasteiger partial charge is 0.253 e. The second-order valence-corrected chi connectivity index (χ2v) is 7.35. The lowest BCUT2D eigenvalue weighted by Gasteiger charge is -2.23. The van der Waals surface area contributed by atoms with Gasteiger partial charge in [-0.2, -0.15) is 15.0 Å². The molecule has 0 aliphatic heterocycles. The Hall–Kier alpha value is -2.93. The van der Waals surface area contributed by atoms with Crippen molar-refractivity contribution in [3.05, 3.63) is 65.1 Å². The van der Waals surface area contributed by atoms with Gasteiger partial charge in [-0.05, 0) is 49.9 Å². The first-order chi connectivity index (χ1) is 13.6. The van der Waals surface area contributed by atoms with Crippen molar-refractivity contribution >= 4 is 23.3 Å². The van der Waals surface area contributed by atoms with Gasteiger partial charge in [0.25, 0.3) is 5.91 Å². The third kappa shape index (κ3) is 3.84. The summed E-state index contributed by atoms with van der Waals surface area (Å²) in [5.41, 5.74) is 2.20. The van der Waals surface area contributed by atoms with E-state index in [1.807, 2.05) is 31.2 Å². The highest BCUT2D eigenvalue weighted by Crippen LogP contribution is 2.27. The summed E-state index contributed by atoms with van der Waals surface area (Å²) in [6.45, 7) is 1.95. The number of pyridine rings is 1. The highest BCUT2D eigenvalue weighted by atomic mass is 35.5. The van der Waals surface area contributed by atoms with Crippen LogP contribution in [0, 0.1) is 6.92 Å². The fraction of sp³-hybridized carbons (Fsp3) is 0.300. The fourth-order valence-corrected chi connectivity index (χ4v) is 3.82. The number of para-hydroxylation sites is 1. The van der Waals surface area contributed by atoms with E-state index in [0.717, 1.165) is 24.8 Å². The third-order valence-corrected chi connectivity index (χ3v) is 5.20. The Bertz CT molecular complexity index is 975. The van der Waals surface area contributed by atoms with Gasteiger partial charge in [0.1, 0.15) is 5.82 Å². The number of aryl methyl sites for hydroxylation is 1. The Morgan fingerprint density at radius 1 is 1.18 bits per heavy atom. The quantitative estimate of drug-likeness (QED) is 0.690. The van der Waals surface area contributed by atoms with E-state index in [-0.39, 0.29) is 18.0 Å². The molecule has 8 heteroatoms. The number of carbonyl (C=O) groups excluding carboxylic acids is 1. The van der Waals surface area contributed by atoms with Crippen LogP contribution in [0.5, 0.6) is 0 Å². The molecule has 144 valence electrons. The minimum Gasteiger partial charge on any atom is -0.364 e. The van der Waals surface area contributed by atoms with Gasteiger partial charge in [0.05, 0.1) is 28.7 Å². The number of anilines is 1. The van der Waals surface area contributed by atoms with Gasteiger partial charge >= 0.3 is 0 Å². The maximum absolute atomic E-state index is 13.0. The summed E-state index contributed by atoms with van der Waals surface area (Å²) in [5.74, 6) is 0.508. The maximum atomic E-state index is 13.0. The molecular weight excluding hydrogens is 376 g/mol. The highest BCUT2D eigenvalue weighted by molar-refractivity contribution is 6.32. The van der Waals surface area contributed by atoms with Crippen molar-refractivity contribution < 1.29 is 4.79 Å². The van der Waals surface area contributed by atoms with E-state index >= 15 is 0 Å².